The Balaban J connectivity index is 2.15. The van der Waals surface area contributed by atoms with E-state index in [-0.39, 0.29) is 0 Å². The Bertz CT molecular complexity index is 553. The van der Waals surface area contributed by atoms with Gasteiger partial charge in [0.2, 0.25) is 0 Å². The molecule has 0 saturated heterocycles. The average Bonchev–Trinajstić information content (AvgIpc) is 2.36. The summed E-state index contributed by atoms with van der Waals surface area (Å²) in [5, 5.41) is 4.78. The van der Waals surface area contributed by atoms with Crippen molar-refractivity contribution in [2.45, 2.75) is 13.5 Å². The number of pyridine rings is 1. The molecule has 0 amide bonds. The van der Waals surface area contributed by atoms with Gasteiger partial charge in [0, 0.05) is 22.8 Å². The normalized spacial score (nSPS) is 10.4. The van der Waals surface area contributed by atoms with Crippen LogP contribution in [0.15, 0.2) is 30.5 Å². The van der Waals surface area contributed by atoms with Crippen molar-refractivity contribution in [3.8, 4) is 0 Å². The summed E-state index contributed by atoms with van der Waals surface area (Å²) >= 11 is 18.2. The molecule has 0 saturated carbocycles. The van der Waals surface area contributed by atoms with E-state index in [1.807, 2.05) is 19.1 Å². The minimum atomic E-state index is 0.483. The predicted octanol–water partition coefficient (Wildman–Crippen LogP) is 4.96. The van der Waals surface area contributed by atoms with Gasteiger partial charge in [0.25, 0.3) is 0 Å². The monoisotopic (exact) mass is 300 g/mol. The molecule has 1 aromatic heterocycles. The smallest absolute Gasteiger partial charge is 0.0657 e. The molecule has 5 heteroatoms. The van der Waals surface area contributed by atoms with Crippen LogP contribution in [-0.4, -0.2) is 4.98 Å². The molecule has 0 atom stereocenters. The van der Waals surface area contributed by atoms with E-state index in [0.717, 1.165) is 16.9 Å². The summed E-state index contributed by atoms with van der Waals surface area (Å²) < 4.78 is 0. The standard InChI is InChI=1S/C13H11Cl3N2/c1-8-2-3-9(6-17-8)18-7-10-11(14)4-5-12(15)13(10)16/h2-6,18H,7H2,1H3. The highest BCUT2D eigenvalue weighted by atomic mass is 35.5. The molecular formula is C13H11Cl3N2. The number of benzene rings is 1. The molecule has 0 spiro atoms. The van der Waals surface area contributed by atoms with Gasteiger partial charge >= 0.3 is 0 Å². The third-order valence-electron chi connectivity index (χ3n) is 2.52. The van der Waals surface area contributed by atoms with Crippen molar-refractivity contribution in [1.82, 2.24) is 4.98 Å². The maximum absolute atomic E-state index is 6.12. The van der Waals surface area contributed by atoms with E-state index < -0.39 is 0 Å². The van der Waals surface area contributed by atoms with E-state index in [1.54, 1.807) is 18.3 Å². The number of aryl methyl sites for hydroxylation is 1. The van der Waals surface area contributed by atoms with Gasteiger partial charge in [-0.3, -0.25) is 4.98 Å². The van der Waals surface area contributed by atoms with E-state index in [2.05, 4.69) is 10.3 Å². The van der Waals surface area contributed by atoms with Crippen molar-refractivity contribution in [3.63, 3.8) is 0 Å². The topological polar surface area (TPSA) is 24.9 Å². The molecule has 1 heterocycles. The van der Waals surface area contributed by atoms with Crippen LogP contribution >= 0.6 is 34.8 Å². The second kappa shape index (κ2) is 5.79. The maximum Gasteiger partial charge on any atom is 0.0657 e. The van der Waals surface area contributed by atoms with Crippen LogP contribution in [0.4, 0.5) is 5.69 Å². The highest BCUT2D eigenvalue weighted by Gasteiger charge is 2.09. The van der Waals surface area contributed by atoms with Crippen LogP contribution in [0.3, 0.4) is 0 Å². The minimum Gasteiger partial charge on any atom is -0.380 e. The van der Waals surface area contributed by atoms with Crippen molar-refractivity contribution in [3.05, 3.63) is 56.8 Å². The summed E-state index contributed by atoms with van der Waals surface area (Å²) in [6, 6.07) is 7.31. The number of rotatable bonds is 3. The first-order valence-electron chi connectivity index (χ1n) is 5.37. The van der Waals surface area contributed by atoms with Gasteiger partial charge in [0.05, 0.1) is 21.9 Å². The zero-order chi connectivity index (χ0) is 13.1. The Morgan fingerprint density at radius 3 is 2.44 bits per heavy atom. The SMILES string of the molecule is Cc1ccc(NCc2c(Cl)ccc(Cl)c2Cl)cn1. The fourth-order valence-electron chi connectivity index (χ4n) is 1.49. The Labute approximate surface area is 121 Å². The van der Waals surface area contributed by atoms with Crippen LogP contribution in [-0.2, 0) is 6.54 Å². The molecular weight excluding hydrogens is 291 g/mol. The van der Waals surface area contributed by atoms with Gasteiger partial charge in [-0.25, -0.2) is 0 Å². The highest BCUT2D eigenvalue weighted by Crippen LogP contribution is 2.31. The summed E-state index contributed by atoms with van der Waals surface area (Å²) in [4.78, 5) is 4.20. The number of nitrogens with zero attached hydrogens (tertiary/aromatic N) is 1. The van der Waals surface area contributed by atoms with E-state index in [0.29, 0.717) is 21.6 Å². The van der Waals surface area contributed by atoms with Crippen molar-refractivity contribution in [2.24, 2.45) is 0 Å². The van der Waals surface area contributed by atoms with E-state index in [9.17, 15) is 0 Å². The van der Waals surface area contributed by atoms with Crippen molar-refractivity contribution in [1.29, 1.82) is 0 Å². The summed E-state index contributed by atoms with van der Waals surface area (Å²) in [7, 11) is 0. The molecule has 0 fully saturated rings. The number of nitrogens with one attached hydrogen (secondary N) is 1. The van der Waals surface area contributed by atoms with Gasteiger partial charge < -0.3 is 5.32 Å². The first-order valence-corrected chi connectivity index (χ1v) is 6.50. The molecule has 2 aromatic rings. The molecule has 2 nitrogen and oxygen atoms in total. The number of aromatic nitrogens is 1. The number of hydrogen-bond acceptors (Lipinski definition) is 2. The van der Waals surface area contributed by atoms with Crippen LogP contribution in [0.2, 0.25) is 15.1 Å². The Morgan fingerprint density at radius 1 is 1.06 bits per heavy atom. The van der Waals surface area contributed by atoms with Gasteiger partial charge in [0.15, 0.2) is 0 Å². The van der Waals surface area contributed by atoms with E-state index >= 15 is 0 Å². The first kappa shape index (κ1) is 13.5. The highest BCUT2D eigenvalue weighted by molar-refractivity contribution is 6.44. The predicted molar refractivity (Wildman–Crippen MR) is 77.8 cm³/mol. The second-order valence-corrected chi connectivity index (χ2v) is 5.06. The summed E-state index contributed by atoms with van der Waals surface area (Å²) in [5.41, 5.74) is 2.67. The Morgan fingerprint density at radius 2 is 1.78 bits per heavy atom. The zero-order valence-electron chi connectivity index (χ0n) is 9.67. The zero-order valence-corrected chi connectivity index (χ0v) is 11.9. The Kier molecular flexibility index (Phi) is 4.33. The van der Waals surface area contributed by atoms with Crippen LogP contribution in [0.1, 0.15) is 11.3 Å². The second-order valence-electron chi connectivity index (χ2n) is 3.86. The van der Waals surface area contributed by atoms with Crippen molar-refractivity contribution < 1.29 is 0 Å². The molecule has 94 valence electrons. The van der Waals surface area contributed by atoms with Crippen LogP contribution in [0, 0.1) is 6.92 Å². The van der Waals surface area contributed by atoms with Gasteiger partial charge in [0.1, 0.15) is 0 Å². The fourth-order valence-corrected chi connectivity index (χ4v) is 2.18. The maximum atomic E-state index is 6.12. The molecule has 0 aliphatic heterocycles. The lowest BCUT2D eigenvalue weighted by atomic mass is 10.2. The molecule has 0 bridgehead atoms. The summed E-state index contributed by atoms with van der Waals surface area (Å²) in [6.45, 7) is 2.44. The molecule has 0 radical (unpaired) electrons. The molecule has 1 aromatic carbocycles. The van der Waals surface area contributed by atoms with Gasteiger partial charge in [-0.2, -0.15) is 0 Å². The van der Waals surface area contributed by atoms with Crippen LogP contribution in [0.5, 0.6) is 0 Å². The van der Waals surface area contributed by atoms with Gasteiger partial charge in [-0.05, 0) is 31.2 Å². The molecule has 0 unspecified atom stereocenters. The minimum absolute atomic E-state index is 0.483. The fraction of sp³-hybridized carbons (Fsp3) is 0.154. The number of hydrogen-bond donors (Lipinski definition) is 1. The molecule has 0 aliphatic rings. The molecule has 1 N–H and O–H groups in total. The number of halogens is 3. The summed E-state index contributed by atoms with van der Waals surface area (Å²) in [6.07, 6.45) is 1.77. The molecule has 0 aliphatic carbocycles. The lowest BCUT2D eigenvalue weighted by molar-refractivity contribution is 1.12. The van der Waals surface area contributed by atoms with E-state index in [4.69, 9.17) is 34.8 Å². The number of anilines is 1. The third-order valence-corrected chi connectivity index (χ3v) is 3.72. The van der Waals surface area contributed by atoms with Gasteiger partial charge in [-0.1, -0.05) is 34.8 Å². The average molecular weight is 302 g/mol. The molecule has 18 heavy (non-hydrogen) atoms. The quantitative estimate of drug-likeness (QED) is 0.810. The third kappa shape index (κ3) is 3.08. The van der Waals surface area contributed by atoms with Crippen LogP contribution in [0.25, 0.3) is 0 Å². The lowest BCUT2D eigenvalue weighted by Gasteiger charge is -2.10. The first-order chi connectivity index (χ1) is 8.58. The van der Waals surface area contributed by atoms with Crippen molar-refractivity contribution in [2.75, 3.05) is 5.32 Å². The lowest BCUT2D eigenvalue weighted by Crippen LogP contribution is -2.01. The largest absolute Gasteiger partial charge is 0.380 e. The molecule has 2 rings (SSSR count). The van der Waals surface area contributed by atoms with Gasteiger partial charge in [-0.15, -0.1) is 0 Å². The summed E-state index contributed by atoms with van der Waals surface area (Å²) in [5.74, 6) is 0. The van der Waals surface area contributed by atoms with Crippen molar-refractivity contribution >= 4 is 40.5 Å². The van der Waals surface area contributed by atoms with Crippen LogP contribution < -0.4 is 5.32 Å². The van der Waals surface area contributed by atoms with E-state index in [1.165, 1.54) is 0 Å². The Hall–Kier alpha value is -0.960.